The van der Waals surface area contributed by atoms with Crippen molar-refractivity contribution in [3.05, 3.63) is 65.2 Å². The molecule has 0 saturated heterocycles. The highest BCUT2D eigenvalue weighted by molar-refractivity contribution is 7.17. The molecule has 4 aromatic rings. The number of nitrogens with zero attached hydrogens (tertiary/aromatic N) is 4. The molecule has 0 atom stereocenters. The smallest absolute Gasteiger partial charge is 0.216 e. The second kappa shape index (κ2) is 6.14. The van der Waals surface area contributed by atoms with E-state index in [0.717, 1.165) is 41.6 Å². The second-order valence-electron chi connectivity index (χ2n) is 6.40. The van der Waals surface area contributed by atoms with Gasteiger partial charge in [-0.3, -0.25) is 4.40 Å². The predicted octanol–water partition coefficient (Wildman–Crippen LogP) is 4.03. The van der Waals surface area contributed by atoms with Crippen LogP contribution in [-0.2, 0) is 13.0 Å². The lowest BCUT2D eigenvalue weighted by atomic mass is 10.2. The number of fused-ring (bicyclic) bond motifs is 2. The first-order valence-electron chi connectivity index (χ1n) is 8.62. The predicted molar refractivity (Wildman–Crippen MR) is 104 cm³/mol. The normalized spacial score (nSPS) is 13.3. The highest BCUT2D eigenvalue weighted by atomic mass is 32.1. The Kier molecular flexibility index (Phi) is 3.64. The lowest BCUT2D eigenvalue weighted by Crippen LogP contribution is -2.18. The van der Waals surface area contributed by atoms with Crippen molar-refractivity contribution in [1.29, 1.82) is 0 Å². The van der Waals surface area contributed by atoms with Crippen LogP contribution in [0.3, 0.4) is 0 Å². The maximum atomic E-state index is 5.23. The molecular formula is C20H18N4OS. The van der Waals surface area contributed by atoms with Gasteiger partial charge >= 0.3 is 0 Å². The van der Waals surface area contributed by atoms with Gasteiger partial charge in [0.1, 0.15) is 5.75 Å². The van der Waals surface area contributed by atoms with E-state index >= 15 is 0 Å². The maximum Gasteiger partial charge on any atom is 0.216 e. The van der Waals surface area contributed by atoms with Crippen molar-refractivity contribution in [2.75, 3.05) is 18.6 Å². The van der Waals surface area contributed by atoms with Crippen LogP contribution in [0.5, 0.6) is 5.75 Å². The minimum Gasteiger partial charge on any atom is -0.497 e. The molecule has 0 N–H and O–H groups in total. The van der Waals surface area contributed by atoms with Crippen molar-refractivity contribution < 1.29 is 4.74 Å². The molecule has 1 aliphatic rings. The molecule has 3 heterocycles. The molecule has 0 spiro atoms. The molecule has 2 aromatic heterocycles. The van der Waals surface area contributed by atoms with Crippen LogP contribution < -0.4 is 9.64 Å². The van der Waals surface area contributed by atoms with Gasteiger partial charge in [0.2, 0.25) is 4.96 Å². The van der Waals surface area contributed by atoms with Crippen molar-refractivity contribution in [2.45, 2.75) is 13.0 Å². The average molecular weight is 362 g/mol. The highest BCUT2D eigenvalue weighted by Gasteiger charge is 2.20. The van der Waals surface area contributed by atoms with E-state index in [4.69, 9.17) is 4.74 Å². The molecule has 26 heavy (non-hydrogen) atoms. The summed E-state index contributed by atoms with van der Waals surface area (Å²) in [4.78, 5) is 4.67. The molecule has 5 rings (SSSR count). The van der Waals surface area contributed by atoms with Gasteiger partial charge in [-0.25, -0.2) is 0 Å². The number of thiazole rings is 1. The average Bonchev–Trinajstić information content (AvgIpc) is 3.37. The van der Waals surface area contributed by atoms with E-state index in [1.165, 1.54) is 16.1 Å². The minimum atomic E-state index is 0.841. The summed E-state index contributed by atoms with van der Waals surface area (Å²) in [5, 5.41) is 8.72. The number of hydrogen-bond donors (Lipinski definition) is 0. The fourth-order valence-electron chi connectivity index (χ4n) is 3.52. The largest absolute Gasteiger partial charge is 0.497 e. The molecule has 0 aliphatic carbocycles. The van der Waals surface area contributed by atoms with E-state index in [0.29, 0.717) is 0 Å². The Morgan fingerprint density at radius 2 is 1.92 bits per heavy atom. The van der Waals surface area contributed by atoms with Crippen molar-refractivity contribution in [1.82, 2.24) is 14.6 Å². The Morgan fingerprint density at radius 3 is 2.77 bits per heavy atom. The Hall–Kier alpha value is -2.86. The molecule has 1 aliphatic heterocycles. The third-order valence-corrected chi connectivity index (χ3v) is 5.80. The summed E-state index contributed by atoms with van der Waals surface area (Å²) in [6.45, 7) is 1.98. The van der Waals surface area contributed by atoms with Crippen molar-refractivity contribution in [3.8, 4) is 17.1 Å². The van der Waals surface area contributed by atoms with E-state index < -0.39 is 0 Å². The maximum absolute atomic E-state index is 5.23. The van der Waals surface area contributed by atoms with Gasteiger partial charge in [0.05, 0.1) is 13.7 Å². The number of benzene rings is 2. The molecule has 0 fully saturated rings. The van der Waals surface area contributed by atoms with Gasteiger partial charge in [0.15, 0.2) is 5.82 Å². The van der Waals surface area contributed by atoms with Crippen LogP contribution in [0.4, 0.5) is 5.69 Å². The molecule has 0 bridgehead atoms. The zero-order chi connectivity index (χ0) is 17.5. The molecule has 6 heteroatoms. The quantitative estimate of drug-likeness (QED) is 0.550. The van der Waals surface area contributed by atoms with Crippen LogP contribution in [0.25, 0.3) is 16.3 Å². The highest BCUT2D eigenvalue weighted by Crippen LogP contribution is 2.31. The molecule has 0 amide bonds. The van der Waals surface area contributed by atoms with Gasteiger partial charge in [-0.1, -0.05) is 29.5 Å². The molecule has 130 valence electrons. The van der Waals surface area contributed by atoms with Crippen LogP contribution in [0.2, 0.25) is 0 Å². The van der Waals surface area contributed by atoms with Crippen LogP contribution in [0.15, 0.2) is 54.7 Å². The first-order chi connectivity index (χ1) is 12.8. The van der Waals surface area contributed by atoms with Crippen LogP contribution in [0, 0.1) is 0 Å². The third-order valence-electron chi connectivity index (χ3n) is 4.84. The van der Waals surface area contributed by atoms with E-state index in [1.54, 1.807) is 18.4 Å². The minimum absolute atomic E-state index is 0.841. The number of aromatic nitrogens is 3. The van der Waals surface area contributed by atoms with Gasteiger partial charge in [0.25, 0.3) is 0 Å². The zero-order valence-corrected chi connectivity index (χ0v) is 15.2. The monoisotopic (exact) mass is 362 g/mol. The Morgan fingerprint density at radius 1 is 1.08 bits per heavy atom. The van der Waals surface area contributed by atoms with Crippen molar-refractivity contribution in [3.63, 3.8) is 0 Å². The van der Waals surface area contributed by atoms with Crippen molar-refractivity contribution >= 4 is 22.0 Å². The number of ether oxygens (including phenoxy) is 1. The Bertz CT molecular complexity index is 1070. The summed E-state index contributed by atoms with van der Waals surface area (Å²) < 4.78 is 7.32. The fourth-order valence-corrected chi connectivity index (χ4v) is 4.45. The molecule has 0 saturated carbocycles. The van der Waals surface area contributed by atoms with Crippen LogP contribution in [-0.4, -0.2) is 28.3 Å². The topological polar surface area (TPSA) is 42.7 Å². The number of hydrogen-bond acceptors (Lipinski definition) is 5. The van der Waals surface area contributed by atoms with Gasteiger partial charge < -0.3 is 9.64 Å². The van der Waals surface area contributed by atoms with E-state index in [-0.39, 0.29) is 0 Å². The Labute approximate surface area is 155 Å². The summed E-state index contributed by atoms with van der Waals surface area (Å²) in [5.41, 5.74) is 3.83. The van der Waals surface area contributed by atoms with E-state index in [1.807, 2.05) is 24.3 Å². The van der Waals surface area contributed by atoms with E-state index in [2.05, 4.69) is 50.0 Å². The summed E-state index contributed by atoms with van der Waals surface area (Å²) in [5.74, 6) is 1.71. The Balaban J connectivity index is 1.45. The van der Waals surface area contributed by atoms with Gasteiger partial charge in [-0.2, -0.15) is 0 Å². The van der Waals surface area contributed by atoms with Crippen LogP contribution >= 0.6 is 11.3 Å². The van der Waals surface area contributed by atoms with Gasteiger partial charge in [-0.15, -0.1) is 10.2 Å². The second-order valence-corrected chi connectivity index (χ2v) is 7.50. The number of methoxy groups -OCH3 is 1. The van der Waals surface area contributed by atoms with Gasteiger partial charge in [0, 0.05) is 28.9 Å². The molecular weight excluding hydrogens is 344 g/mol. The summed E-state index contributed by atoms with van der Waals surface area (Å²) >= 11 is 1.70. The van der Waals surface area contributed by atoms with Gasteiger partial charge in [-0.05, 0) is 42.3 Å². The summed E-state index contributed by atoms with van der Waals surface area (Å²) in [6.07, 6.45) is 3.29. The number of anilines is 1. The molecule has 2 aromatic carbocycles. The lowest BCUT2D eigenvalue weighted by molar-refractivity contribution is 0.415. The standard InChI is InChI=1S/C20H18N4OS/c1-25-16-8-6-15(7-9-16)19-21-22-20-24(19)13-17(26-20)12-23-11-10-14-4-2-3-5-18(14)23/h2-9,13H,10-12H2,1H3. The fraction of sp³-hybridized carbons (Fsp3) is 0.200. The molecule has 5 nitrogen and oxygen atoms in total. The first kappa shape index (κ1) is 15.4. The number of para-hydroxylation sites is 1. The molecule has 0 radical (unpaired) electrons. The lowest BCUT2D eigenvalue weighted by Gasteiger charge is -2.17. The summed E-state index contributed by atoms with van der Waals surface area (Å²) in [6, 6.07) is 16.6. The molecule has 0 unspecified atom stereocenters. The third kappa shape index (κ3) is 2.54. The van der Waals surface area contributed by atoms with Crippen molar-refractivity contribution in [2.24, 2.45) is 0 Å². The number of rotatable bonds is 4. The zero-order valence-electron chi connectivity index (χ0n) is 14.4. The first-order valence-corrected chi connectivity index (χ1v) is 9.44. The summed E-state index contributed by atoms with van der Waals surface area (Å²) in [7, 11) is 1.67. The SMILES string of the molecule is COc1ccc(-c2nnc3sc(CN4CCc5ccccc54)cn23)cc1. The van der Waals surface area contributed by atoms with E-state index in [9.17, 15) is 0 Å². The van der Waals surface area contributed by atoms with Crippen LogP contribution in [0.1, 0.15) is 10.4 Å².